The molecule has 0 saturated heterocycles. The van der Waals surface area contributed by atoms with Crippen molar-refractivity contribution in [3.05, 3.63) is 35.4 Å². The Morgan fingerprint density at radius 3 is 2.67 bits per heavy atom. The molecule has 1 aromatic rings. The Labute approximate surface area is 73.6 Å². The molecular weight excluding hydrogens is 144 g/mol. The molecule has 0 N–H and O–H groups in total. The summed E-state index contributed by atoms with van der Waals surface area (Å²) in [5, 5.41) is 0. The minimum Gasteiger partial charge on any atom is -0.0945 e. The van der Waals surface area contributed by atoms with E-state index in [1.54, 1.807) is 0 Å². The summed E-state index contributed by atoms with van der Waals surface area (Å²) >= 11 is 0. The molecule has 0 bridgehead atoms. The molecule has 0 heteroatoms. The van der Waals surface area contributed by atoms with Crippen LogP contribution in [0.5, 0.6) is 0 Å². The van der Waals surface area contributed by atoms with Gasteiger partial charge in [-0.1, -0.05) is 30.0 Å². The zero-order chi connectivity index (χ0) is 8.39. The monoisotopic (exact) mass is 156 g/mol. The van der Waals surface area contributed by atoms with Crippen LogP contribution in [0, 0.1) is 24.7 Å². The fourth-order valence-electron chi connectivity index (χ4n) is 1.12. The Morgan fingerprint density at radius 2 is 2.00 bits per heavy atom. The summed E-state index contributed by atoms with van der Waals surface area (Å²) in [5.41, 5.74) is 2.47. The second-order valence-corrected chi connectivity index (χ2v) is 3.36. The van der Waals surface area contributed by atoms with Gasteiger partial charge in [-0.05, 0) is 31.4 Å². The first kappa shape index (κ1) is 7.43. The molecule has 0 heterocycles. The quantitative estimate of drug-likeness (QED) is 0.507. The predicted octanol–water partition coefficient (Wildman–Crippen LogP) is 2.76. The Hall–Kier alpha value is -1.22. The Kier molecular flexibility index (Phi) is 1.87. The molecule has 2 rings (SSSR count). The molecule has 0 radical (unpaired) electrons. The normalized spacial score (nSPS) is 15.1. The molecule has 60 valence electrons. The number of rotatable bonds is 0. The number of hydrogen-bond acceptors (Lipinski definition) is 0. The van der Waals surface area contributed by atoms with Crippen LogP contribution in [0.15, 0.2) is 24.3 Å². The molecule has 1 saturated carbocycles. The number of benzene rings is 1. The van der Waals surface area contributed by atoms with Crippen LogP contribution < -0.4 is 0 Å². The Bertz CT molecular complexity index is 335. The topological polar surface area (TPSA) is 0 Å². The molecule has 0 aliphatic heterocycles. The van der Waals surface area contributed by atoms with Gasteiger partial charge in [0.05, 0.1) is 0 Å². The maximum atomic E-state index is 3.26. The highest BCUT2D eigenvalue weighted by Gasteiger charge is 2.17. The smallest absolute Gasteiger partial charge is 0.0274 e. The van der Waals surface area contributed by atoms with Crippen molar-refractivity contribution in [2.45, 2.75) is 19.8 Å². The second-order valence-electron chi connectivity index (χ2n) is 3.36. The lowest BCUT2D eigenvalue weighted by Crippen LogP contribution is -1.79. The average Bonchev–Trinajstić information content (AvgIpc) is 2.86. The van der Waals surface area contributed by atoms with E-state index in [4.69, 9.17) is 0 Å². The van der Waals surface area contributed by atoms with Crippen LogP contribution in [0.1, 0.15) is 24.0 Å². The molecule has 0 amide bonds. The zero-order valence-corrected chi connectivity index (χ0v) is 7.30. The van der Waals surface area contributed by atoms with Gasteiger partial charge in [0, 0.05) is 11.5 Å². The van der Waals surface area contributed by atoms with E-state index in [2.05, 4.69) is 37.0 Å². The maximum Gasteiger partial charge on any atom is 0.0274 e. The lowest BCUT2D eigenvalue weighted by molar-refractivity contribution is 1.18. The first-order valence-corrected chi connectivity index (χ1v) is 4.43. The van der Waals surface area contributed by atoms with E-state index in [1.807, 2.05) is 6.07 Å². The Morgan fingerprint density at radius 1 is 1.25 bits per heavy atom. The molecule has 0 unspecified atom stereocenters. The molecule has 0 aromatic heterocycles. The van der Waals surface area contributed by atoms with Gasteiger partial charge in [-0.25, -0.2) is 0 Å². The average molecular weight is 156 g/mol. The fourth-order valence-corrected chi connectivity index (χ4v) is 1.12. The van der Waals surface area contributed by atoms with Crippen molar-refractivity contribution in [2.75, 3.05) is 0 Å². The van der Waals surface area contributed by atoms with Crippen molar-refractivity contribution in [3.63, 3.8) is 0 Å². The molecular formula is C12H12. The van der Waals surface area contributed by atoms with Gasteiger partial charge in [-0.15, -0.1) is 0 Å². The van der Waals surface area contributed by atoms with E-state index >= 15 is 0 Å². The highest BCUT2D eigenvalue weighted by molar-refractivity contribution is 5.41. The molecule has 12 heavy (non-hydrogen) atoms. The van der Waals surface area contributed by atoms with Gasteiger partial charge >= 0.3 is 0 Å². The summed E-state index contributed by atoms with van der Waals surface area (Å²) in [4.78, 5) is 0. The molecule has 0 atom stereocenters. The number of hydrogen-bond donors (Lipinski definition) is 0. The highest BCUT2D eigenvalue weighted by atomic mass is 14.2. The van der Waals surface area contributed by atoms with Gasteiger partial charge in [0.2, 0.25) is 0 Å². The van der Waals surface area contributed by atoms with Gasteiger partial charge in [-0.3, -0.25) is 0 Å². The summed E-state index contributed by atoms with van der Waals surface area (Å²) in [5.74, 6) is 7.19. The van der Waals surface area contributed by atoms with E-state index in [1.165, 1.54) is 24.0 Å². The molecule has 1 aliphatic carbocycles. The summed E-state index contributed by atoms with van der Waals surface area (Å²) in [6.07, 6.45) is 2.61. The zero-order valence-electron chi connectivity index (χ0n) is 7.30. The van der Waals surface area contributed by atoms with E-state index in [9.17, 15) is 0 Å². The second kappa shape index (κ2) is 3.03. The highest BCUT2D eigenvalue weighted by Crippen LogP contribution is 2.27. The van der Waals surface area contributed by atoms with Gasteiger partial charge in [-0.2, -0.15) is 0 Å². The minimum absolute atomic E-state index is 0.699. The van der Waals surface area contributed by atoms with Crippen molar-refractivity contribution >= 4 is 0 Å². The van der Waals surface area contributed by atoms with Crippen LogP contribution >= 0.6 is 0 Å². The van der Waals surface area contributed by atoms with Crippen LogP contribution in [0.25, 0.3) is 0 Å². The van der Waals surface area contributed by atoms with Crippen LogP contribution in [-0.4, -0.2) is 0 Å². The lowest BCUT2D eigenvalue weighted by atomic mass is 10.1. The van der Waals surface area contributed by atoms with E-state index in [0.717, 1.165) is 0 Å². The van der Waals surface area contributed by atoms with Gasteiger partial charge < -0.3 is 0 Å². The van der Waals surface area contributed by atoms with Crippen molar-refractivity contribution in [1.29, 1.82) is 0 Å². The standard InChI is InChI=1S/C12H12/c1-10-4-2-3-5-12(10)9-8-11-6-7-11/h2-5,11H,6-7H2,1H3. The summed E-state index contributed by atoms with van der Waals surface area (Å²) in [6, 6.07) is 8.29. The third-order valence-corrected chi connectivity index (χ3v) is 2.13. The van der Waals surface area contributed by atoms with Crippen molar-refractivity contribution in [3.8, 4) is 11.8 Å². The SMILES string of the molecule is Cc1ccccc1C#CC1CC1. The predicted molar refractivity (Wildman–Crippen MR) is 50.8 cm³/mol. The molecule has 1 aliphatic rings. The van der Waals surface area contributed by atoms with Crippen molar-refractivity contribution in [1.82, 2.24) is 0 Å². The van der Waals surface area contributed by atoms with E-state index in [0.29, 0.717) is 5.92 Å². The van der Waals surface area contributed by atoms with Crippen molar-refractivity contribution < 1.29 is 0 Å². The molecule has 0 spiro atoms. The van der Waals surface area contributed by atoms with Crippen LogP contribution in [0.2, 0.25) is 0 Å². The van der Waals surface area contributed by atoms with Gasteiger partial charge in [0.1, 0.15) is 0 Å². The fraction of sp³-hybridized carbons (Fsp3) is 0.333. The summed E-state index contributed by atoms with van der Waals surface area (Å²) < 4.78 is 0. The minimum atomic E-state index is 0.699. The van der Waals surface area contributed by atoms with Crippen molar-refractivity contribution in [2.24, 2.45) is 5.92 Å². The van der Waals surface area contributed by atoms with Gasteiger partial charge in [0.15, 0.2) is 0 Å². The van der Waals surface area contributed by atoms with Crippen LogP contribution in [0.3, 0.4) is 0 Å². The third kappa shape index (κ3) is 1.68. The van der Waals surface area contributed by atoms with Crippen LogP contribution in [0.4, 0.5) is 0 Å². The van der Waals surface area contributed by atoms with E-state index < -0.39 is 0 Å². The first-order chi connectivity index (χ1) is 5.86. The number of aryl methyl sites for hydroxylation is 1. The van der Waals surface area contributed by atoms with E-state index in [-0.39, 0.29) is 0 Å². The van der Waals surface area contributed by atoms with Crippen LogP contribution in [-0.2, 0) is 0 Å². The largest absolute Gasteiger partial charge is 0.0945 e. The molecule has 1 fully saturated rings. The summed E-state index contributed by atoms with van der Waals surface area (Å²) in [7, 11) is 0. The lowest BCUT2D eigenvalue weighted by Gasteiger charge is -1.94. The van der Waals surface area contributed by atoms with Gasteiger partial charge in [0.25, 0.3) is 0 Å². The summed E-state index contributed by atoms with van der Waals surface area (Å²) in [6.45, 7) is 2.11. The Balaban J connectivity index is 2.23. The molecule has 1 aromatic carbocycles. The first-order valence-electron chi connectivity index (χ1n) is 4.43. The maximum absolute atomic E-state index is 3.26. The third-order valence-electron chi connectivity index (χ3n) is 2.13. The molecule has 0 nitrogen and oxygen atoms in total.